The summed E-state index contributed by atoms with van der Waals surface area (Å²) in [5, 5.41) is 0. The highest BCUT2D eigenvalue weighted by molar-refractivity contribution is 9.10. The van der Waals surface area contributed by atoms with E-state index in [1.807, 2.05) is 23.1 Å². The molecule has 2 aliphatic rings. The monoisotopic (exact) mass is 311 g/mol. The zero-order chi connectivity index (χ0) is 12.0. The van der Waals surface area contributed by atoms with E-state index in [0.29, 0.717) is 6.04 Å². The fraction of sp³-hybridized carbons (Fsp3) is 0.462. The molecule has 90 valence electrons. The van der Waals surface area contributed by atoms with Crippen molar-refractivity contribution in [2.75, 3.05) is 6.54 Å². The summed E-state index contributed by atoms with van der Waals surface area (Å²) in [7, 11) is 0. The van der Waals surface area contributed by atoms with Gasteiger partial charge in [0.1, 0.15) is 0 Å². The lowest BCUT2D eigenvalue weighted by Gasteiger charge is -2.27. The number of hydrogen-bond acceptors (Lipinski definition) is 2. The van der Waals surface area contributed by atoms with Gasteiger partial charge < -0.3 is 4.90 Å². The van der Waals surface area contributed by atoms with Crippen molar-refractivity contribution in [3.8, 4) is 0 Å². The van der Waals surface area contributed by atoms with Crippen LogP contribution in [0.4, 0.5) is 0 Å². The molecule has 1 heterocycles. The largest absolute Gasteiger partial charge is 0.335 e. The normalized spacial score (nSPS) is 26.6. The first-order valence-corrected chi connectivity index (χ1v) is 7.18. The van der Waals surface area contributed by atoms with Gasteiger partial charge in [-0.1, -0.05) is 0 Å². The molecule has 3 rings (SSSR count). The minimum absolute atomic E-state index is 0.153. The number of halogens is 1. The smallest absolute Gasteiger partial charge is 0.255 e. The Kier molecular flexibility index (Phi) is 2.95. The zero-order valence-corrected chi connectivity index (χ0v) is 11.9. The third-order valence-corrected chi connectivity index (χ3v) is 4.82. The van der Waals surface area contributed by atoms with Crippen LogP contribution in [0.15, 0.2) is 27.6 Å². The zero-order valence-electron chi connectivity index (χ0n) is 9.40. The van der Waals surface area contributed by atoms with Crippen LogP contribution < -0.4 is 0 Å². The molecule has 0 spiro atoms. The van der Waals surface area contributed by atoms with Gasteiger partial charge in [0.15, 0.2) is 0 Å². The van der Waals surface area contributed by atoms with Gasteiger partial charge in [0.25, 0.3) is 5.91 Å². The van der Waals surface area contributed by atoms with Gasteiger partial charge in [-0.2, -0.15) is 0 Å². The molecule has 1 saturated carbocycles. The van der Waals surface area contributed by atoms with Crippen molar-refractivity contribution in [3.05, 3.63) is 28.2 Å². The van der Waals surface area contributed by atoms with Crippen molar-refractivity contribution >= 4 is 34.5 Å². The van der Waals surface area contributed by atoms with E-state index in [9.17, 15) is 4.79 Å². The average molecular weight is 312 g/mol. The fourth-order valence-electron chi connectivity index (χ4n) is 3.01. The molecular formula is C13H14BrNOS. The van der Waals surface area contributed by atoms with Gasteiger partial charge in [-0.25, -0.2) is 0 Å². The van der Waals surface area contributed by atoms with Crippen molar-refractivity contribution in [3.63, 3.8) is 0 Å². The quantitative estimate of drug-likeness (QED) is 0.789. The topological polar surface area (TPSA) is 20.3 Å². The summed E-state index contributed by atoms with van der Waals surface area (Å²) in [6.07, 6.45) is 3.67. The maximum atomic E-state index is 12.5. The number of thiol groups is 1. The molecular weight excluding hydrogens is 298 g/mol. The molecule has 1 aromatic carbocycles. The first-order valence-electron chi connectivity index (χ1n) is 5.94. The molecule has 2 bridgehead atoms. The summed E-state index contributed by atoms with van der Waals surface area (Å²) in [6.45, 7) is 0.937. The number of hydrogen-bond donors (Lipinski definition) is 1. The Morgan fingerprint density at radius 3 is 2.88 bits per heavy atom. The number of likely N-dealkylation sites (tertiary alicyclic amines) is 1. The number of carbonyl (C=O) groups excluding carboxylic acids is 1. The van der Waals surface area contributed by atoms with Crippen LogP contribution in [0.2, 0.25) is 0 Å². The molecule has 2 unspecified atom stereocenters. The Labute approximate surface area is 115 Å². The van der Waals surface area contributed by atoms with E-state index in [-0.39, 0.29) is 5.91 Å². The third kappa shape index (κ3) is 2.02. The third-order valence-electron chi connectivity index (χ3n) is 3.85. The van der Waals surface area contributed by atoms with Crippen molar-refractivity contribution in [1.82, 2.24) is 4.90 Å². The maximum absolute atomic E-state index is 12.5. The number of amides is 1. The summed E-state index contributed by atoms with van der Waals surface area (Å²) in [5.41, 5.74) is 0.741. The average Bonchev–Trinajstić information content (AvgIpc) is 2.93. The lowest BCUT2D eigenvalue weighted by Crippen LogP contribution is -2.37. The van der Waals surface area contributed by atoms with Crippen LogP contribution in [0.5, 0.6) is 0 Å². The van der Waals surface area contributed by atoms with E-state index in [1.165, 1.54) is 19.3 Å². The standard InChI is InChI=1S/C13H14BrNOS/c14-12-4-3-10(17)6-11(12)13(16)15-7-8-1-2-9(15)5-8/h3-4,6,8-9,17H,1-2,5,7H2. The highest BCUT2D eigenvalue weighted by Crippen LogP contribution is 2.38. The molecule has 4 heteroatoms. The van der Waals surface area contributed by atoms with Gasteiger partial charge in [0.05, 0.1) is 5.56 Å². The fourth-order valence-corrected chi connectivity index (χ4v) is 3.63. The van der Waals surface area contributed by atoms with E-state index in [4.69, 9.17) is 0 Å². The van der Waals surface area contributed by atoms with Crippen LogP contribution in [0.25, 0.3) is 0 Å². The van der Waals surface area contributed by atoms with Gasteiger partial charge in [-0.05, 0) is 59.3 Å². The first kappa shape index (κ1) is 11.6. The predicted molar refractivity (Wildman–Crippen MR) is 73.6 cm³/mol. The molecule has 1 aliphatic carbocycles. The summed E-state index contributed by atoms with van der Waals surface area (Å²) in [6, 6.07) is 6.11. The number of benzene rings is 1. The number of nitrogens with zero attached hydrogens (tertiary/aromatic N) is 1. The van der Waals surface area contributed by atoms with E-state index in [2.05, 4.69) is 28.6 Å². The number of rotatable bonds is 1. The molecule has 2 atom stereocenters. The van der Waals surface area contributed by atoms with Gasteiger partial charge in [-0.15, -0.1) is 12.6 Å². The van der Waals surface area contributed by atoms with E-state index in [0.717, 1.165) is 27.4 Å². The van der Waals surface area contributed by atoms with Crippen molar-refractivity contribution in [2.45, 2.75) is 30.2 Å². The molecule has 1 saturated heterocycles. The Morgan fingerprint density at radius 2 is 2.24 bits per heavy atom. The van der Waals surface area contributed by atoms with Crippen LogP contribution in [-0.4, -0.2) is 23.4 Å². The van der Waals surface area contributed by atoms with Crippen LogP contribution in [0.1, 0.15) is 29.6 Å². The Hall–Kier alpha value is -0.480. The number of carbonyl (C=O) groups is 1. The molecule has 0 radical (unpaired) electrons. The van der Waals surface area contributed by atoms with Gasteiger partial charge >= 0.3 is 0 Å². The summed E-state index contributed by atoms with van der Waals surface area (Å²) >= 11 is 7.75. The molecule has 1 aliphatic heterocycles. The second kappa shape index (κ2) is 4.32. The molecule has 0 aromatic heterocycles. The number of fused-ring (bicyclic) bond motifs is 2. The predicted octanol–water partition coefficient (Wildman–Crippen LogP) is 3.36. The molecule has 2 fully saturated rings. The van der Waals surface area contributed by atoms with Crippen LogP contribution >= 0.6 is 28.6 Å². The SMILES string of the molecule is O=C(c1cc(S)ccc1Br)N1CC2CCC1C2. The lowest BCUT2D eigenvalue weighted by molar-refractivity contribution is 0.0702. The lowest BCUT2D eigenvalue weighted by atomic mass is 10.1. The van der Waals surface area contributed by atoms with Crippen LogP contribution in [-0.2, 0) is 0 Å². The van der Waals surface area contributed by atoms with Crippen LogP contribution in [0, 0.1) is 5.92 Å². The van der Waals surface area contributed by atoms with Gasteiger partial charge in [-0.3, -0.25) is 4.79 Å². The highest BCUT2D eigenvalue weighted by Gasteiger charge is 2.40. The summed E-state index contributed by atoms with van der Waals surface area (Å²) in [4.78, 5) is 15.3. The molecule has 2 nitrogen and oxygen atoms in total. The summed E-state index contributed by atoms with van der Waals surface area (Å²) in [5.74, 6) is 0.891. The Bertz CT molecular complexity index is 476. The summed E-state index contributed by atoms with van der Waals surface area (Å²) < 4.78 is 0.864. The van der Waals surface area contributed by atoms with E-state index in [1.54, 1.807) is 0 Å². The van der Waals surface area contributed by atoms with Crippen molar-refractivity contribution in [2.24, 2.45) is 5.92 Å². The minimum atomic E-state index is 0.153. The van der Waals surface area contributed by atoms with E-state index < -0.39 is 0 Å². The Morgan fingerprint density at radius 1 is 1.41 bits per heavy atom. The number of piperidine rings is 1. The minimum Gasteiger partial charge on any atom is -0.335 e. The van der Waals surface area contributed by atoms with Gasteiger partial charge in [0, 0.05) is 22.0 Å². The molecule has 1 aromatic rings. The molecule has 1 amide bonds. The van der Waals surface area contributed by atoms with Crippen molar-refractivity contribution < 1.29 is 4.79 Å². The highest BCUT2D eigenvalue weighted by atomic mass is 79.9. The van der Waals surface area contributed by atoms with Crippen molar-refractivity contribution in [1.29, 1.82) is 0 Å². The molecule has 17 heavy (non-hydrogen) atoms. The molecule has 0 N–H and O–H groups in total. The second-order valence-electron chi connectivity index (χ2n) is 4.95. The second-order valence-corrected chi connectivity index (χ2v) is 6.33. The van der Waals surface area contributed by atoms with Gasteiger partial charge in [0.2, 0.25) is 0 Å². The Balaban J connectivity index is 1.89. The maximum Gasteiger partial charge on any atom is 0.255 e. The van der Waals surface area contributed by atoms with Crippen LogP contribution in [0.3, 0.4) is 0 Å². The van der Waals surface area contributed by atoms with E-state index >= 15 is 0 Å². The first-order chi connectivity index (χ1) is 8.15.